The molecule has 162 valence electrons. The van der Waals surface area contributed by atoms with E-state index in [1.54, 1.807) is 15.9 Å². The number of hydrogen-bond acceptors (Lipinski definition) is 6. The van der Waals surface area contributed by atoms with Gasteiger partial charge in [-0.15, -0.1) is 11.3 Å². The Morgan fingerprint density at radius 3 is 2.83 bits per heavy atom. The average molecular weight is 448 g/mol. The molecule has 3 aliphatic rings. The van der Waals surface area contributed by atoms with Gasteiger partial charge in [0.05, 0.1) is 23.8 Å². The number of likely N-dealkylation sites (tertiary alicyclic amines) is 1. The molecule has 5 rings (SSSR count). The van der Waals surface area contributed by atoms with Crippen molar-refractivity contribution in [2.75, 3.05) is 25.4 Å². The molecule has 2 fully saturated rings. The van der Waals surface area contributed by atoms with E-state index >= 15 is 0 Å². The van der Waals surface area contributed by atoms with Crippen LogP contribution in [0.15, 0.2) is 9.95 Å². The highest BCUT2D eigenvalue weighted by atomic mass is 32.2. The predicted octanol–water partition coefficient (Wildman–Crippen LogP) is 3.48. The third-order valence-electron chi connectivity index (χ3n) is 6.66. The summed E-state index contributed by atoms with van der Waals surface area (Å²) in [5, 5.41) is 1.48. The molecule has 6 nitrogen and oxygen atoms in total. The summed E-state index contributed by atoms with van der Waals surface area (Å²) in [6.07, 6.45) is 7.38. The summed E-state index contributed by atoms with van der Waals surface area (Å²) in [4.78, 5) is 35.3. The summed E-state index contributed by atoms with van der Waals surface area (Å²) >= 11 is 3.08. The maximum absolute atomic E-state index is 13.5. The van der Waals surface area contributed by atoms with E-state index in [-0.39, 0.29) is 17.6 Å². The fourth-order valence-corrected chi connectivity index (χ4v) is 7.01. The summed E-state index contributed by atoms with van der Waals surface area (Å²) in [6, 6.07) is 0. The maximum Gasteiger partial charge on any atom is 0.263 e. The second-order valence-corrected chi connectivity index (χ2v) is 10.9. The van der Waals surface area contributed by atoms with Crippen LogP contribution in [0.2, 0.25) is 0 Å². The highest BCUT2D eigenvalue weighted by molar-refractivity contribution is 7.99. The van der Waals surface area contributed by atoms with Crippen LogP contribution in [0.25, 0.3) is 10.2 Å². The van der Waals surface area contributed by atoms with Crippen LogP contribution in [0.3, 0.4) is 0 Å². The summed E-state index contributed by atoms with van der Waals surface area (Å²) < 4.78 is 7.61. The third kappa shape index (κ3) is 3.94. The van der Waals surface area contributed by atoms with Crippen molar-refractivity contribution in [2.24, 2.45) is 5.92 Å². The van der Waals surface area contributed by atoms with E-state index in [0.29, 0.717) is 23.4 Å². The van der Waals surface area contributed by atoms with E-state index in [2.05, 4.69) is 6.92 Å². The molecule has 1 atom stereocenters. The molecule has 2 aromatic rings. The Balaban J connectivity index is 1.42. The first-order valence-electron chi connectivity index (χ1n) is 11.2. The fraction of sp³-hybridized carbons (Fsp3) is 0.682. The van der Waals surface area contributed by atoms with Crippen molar-refractivity contribution in [1.29, 1.82) is 0 Å². The quantitative estimate of drug-likeness (QED) is 0.519. The summed E-state index contributed by atoms with van der Waals surface area (Å²) in [5.74, 6) is 1.19. The highest BCUT2D eigenvalue weighted by Gasteiger charge is 2.26. The Labute approximate surface area is 185 Å². The number of rotatable bonds is 5. The Bertz CT molecular complexity index is 1000. The normalized spacial score (nSPS) is 22.2. The van der Waals surface area contributed by atoms with Crippen LogP contribution in [-0.4, -0.2) is 51.9 Å². The van der Waals surface area contributed by atoms with Gasteiger partial charge in [0.25, 0.3) is 5.56 Å². The number of aromatic nitrogens is 2. The van der Waals surface area contributed by atoms with Gasteiger partial charge in [-0.3, -0.25) is 14.2 Å². The first-order valence-corrected chi connectivity index (χ1v) is 13.0. The van der Waals surface area contributed by atoms with Gasteiger partial charge in [0.2, 0.25) is 5.91 Å². The van der Waals surface area contributed by atoms with E-state index < -0.39 is 0 Å². The van der Waals surface area contributed by atoms with E-state index in [0.717, 1.165) is 74.9 Å². The van der Waals surface area contributed by atoms with Crippen LogP contribution in [-0.2, 0) is 28.9 Å². The van der Waals surface area contributed by atoms with Gasteiger partial charge in [-0.25, -0.2) is 4.98 Å². The van der Waals surface area contributed by atoms with E-state index in [1.807, 2.05) is 4.90 Å². The number of carbonyl (C=O) groups excluding carboxylic acids is 1. The van der Waals surface area contributed by atoms with Crippen molar-refractivity contribution in [2.45, 2.75) is 69.7 Å². The molecular weight excluding hydrogens is 418 g/mol. The van der Waals surface area contributed by atoms with Gasteiger partial charge in [-0.2, -0.15) is 0 Å². The molecule has 0 aromatic carbocycles. The molecule has 1 amide bonds. The van der Waals surface area contributed by atoms with Gasteiger partial charge in [-0.1, -0.05) is 18.7 Å². The number of carbonyl (C=O) groups is 1. The van der Waals surface area contributed by atoms with Crippen molar-refractivity contribution in [1.82, 2.24) is 14.5 Å². The zero-order valence-electron chi connectivity index (χ0n) is 17.5. The second kappa shape index (κ2) is 8.63. The Kier molecular flexibility index (Phi) is 5.90. The average Bonchev–Trinajstić information content (AvgIpc) is 3.46. The van der Waals surface area contributed by atoms with Crippen molar-refractivity contribution < 1.29 is 9.53 Å². The predicted molar refractivity (Wildman–Crippen MR) is 121 cm³/mol. The molecule has 0 bridgehead atoms. The second-order valence-electron chi connectivity index (χ2n) is 8.83. The standard InChI is InChI=1S/C22H29N3O3S2/c1-14-7-9-24(10-8-14)18(26)13-29-22-23-20-19(16-5-2-6-17(16)30-20)21(27)25(22)12-15-4-3-11-28-15/h14-15H,2-13H2,1H3/t15-/m1/s1. The van der Waals surface area contributed by atoms with Crippen molar-refractivity contribution in [3.63, 3.8) is 0 Å². The number of amides is 1. The first kappa shape index (κ1) is 20.5. The molecular formula is C22H29N3O3S2. The molecule has 2 saturated heterocycles. The fourth-order valence-electron chi connectivity index (χ4n) is 4.80. The lowest BCUT2D eigenvalue weighted by atomic mass is 9.99. The summed E-state index contributed by atoms with van der Waals surface area (Å²) in [7, 11) is 0. The van der Waals surface area contributed by atoms with Gasteiger partial charge < -0.3 is 9.64 Å². The Morgan fingerprint density at radius 2 is 2.07 bits per heavy atom. The molecule has 0 unspecified atom stereocenters. The summed E-state index contributed by atoms with van der Waals surface area (Å²) in [6.45, 7) is 5.22. The van der Waals surface area contributed by atoms with Gasteiger partial charge in [-0.05, 0) is 56.4 Å². The zero-order chi connectivity index (χ0) is 20.7. The molecule has 0 spiro atoms. The monoisotopic (exact) mass is 447 g/mol. The van der Waals surface area contributed by atoms with Crippen LogP contribution in [0.4, 0.5) is 0 Å². The minimum absolute atomic E-state index is 0.0525. The topological polar surface area (TPSA) is 64.4 Å². The van der Waals surface area contributed by atoms with Gasteiger partial charge >= 0.3 is 0 Å². The lowest BCUT2D eigenvalue weighted by molar-refractivity contribution is -0.129. The Morgan fingerprint density at radius 1 is 1.23 bits per heavy atom. The van der Waals surface area contributed by atoms with Crippen LogP contribution in [0.5, 0.6) is 0 Å². The van der Waals surface area contributed by atoms with E-state index in [4.69, 9.17) is 9.72 Å². The lowest BCUT2D eigenvalue weighted by Gasteiger charge is -2.30. The molecule has 0 saturated carbocycles. The number of hydrogen-bond donors (Lipinski definition) is 0. The lowest BCUT2D eigenvalue weighted by Crippen LogP contribution is -2.39. The molecule has 0 radical (unpaired) electrons. The number of thiophene rings is 1. The molecule has 2 aliphatic heterocycles. The Hall–Kier alpha value is -1.38. The SMILES string of the molecule is CC1CCN(C(=O)CSc2nc3sc4c(c3c(=O)n2C[C@H]2CCCO2)CCC4)CC1. The van der Waals surface area contributed by atoms with Gasteiger partial charge in [0.1, 0.15) is 4.83 Å². The van der Waals surface area contributed by atoms with Crippen molar-refractivity contribution in [3.8, 4) is 0 Å². The van der Waals surface area contributed by atoms with Crippen LogP contribution in [0.1, 0.15) is 49.5 Å². The zero-order valence-corrected chi connectivity index (χ0v) is 19.2. The number of nitrogens with zero attached hydrogens (tertiary/aromatic N) is 3. The summed E-state index contributed by atoms with van der Waals surface area (Å²) in [5.41, 5.74) is 1.26. The van der Waals surface area contributed by atoms with E-state index in [9.17, 15) is 9.59 Å². The van der Waals surface area contributed by atoms with Gasteiger partial charge in [0.15, 0.2) is 5.16 Å². The number of aryl methyl sites for hydroxylation is 2. The molecule has 0 N–H and O–H groups in total. The van der Waals surface area contributed by atoms with Crippen LogP contribution >= 0.6 is 23.1 Å². The van der Waals surface area contributed by atoms with Crippen molar-refractivity contribution >= 4 is 39.2 Å². The third-order valence-corrected chi connectivity index (χ3v) is 8.81. The van der Waals surface area contributed by atoms with Crippen molar-refractivity contribution in [3.05, 3.63) is 20.8 Å². The van der Waals surface area contributed by atoms with Crippen LogP contribution < -0.4 is 5.56 Å². The number of ether oxygens (including phenoxy) is 1. The number of thioether (sulfide) groups is 1. The molecule has 4 heterocycles. The first-order chi connectivity index (χ1) is 14.6. The molecule has 30 heavy (non-hydrogen) atoms. The smallest absolute Gasteiger partial charge is 0.263 e. The highest BCUT2D eigenvalue weighted by Crippen LogP contribution is 2.36. The number of piperidine rings is 1. The number of fused-ring (bicyclic) bond motifs is 3. The minimum atomic E-state index is 0.0525. The minimum Gasteiger partial charge on any atom is -0.376 e. The molecule has 1 aliphatic carbocycles. The van der Waals surface area contributed by atoms with Gasteiger partial charge in [0, 0.05) is 24.6 Å². The maximum atomic E-state index is 13.5. The largest absolute Gasteiger partial charge is 0.376 e. The van der Waals surface area contributed by atoms with Crippen LogP contribution in [0, 0.1) is 5.92 Å². The molecule has 8 heteroatoms. The van der Waals surface area contributed by atoms with E-state index in [1.165, 1.54) is 22.2 Å². The molecule has 2 aromatic heterocycles.